The number of hydrogen-bond donors (Lipinski definition) is 2. The van der Waals surface area contributed by atoms with Crippen LogP contribution in [0.5, 0.6) is 11.5 Å². The number of thiophene rings is 1. The van der Waals surface area contributed by atoms with E-state index >= 15 is 0 Å². The van der Waals surface area contributed by atoms with Gasteiger partial charge in [0.05, 0.1) is 16.5 Å². The molecule has 2 aromatic carbocycles. The maximum absolute atomic E-state index is 12.8. The molecule has 178 valence electrons. The Labute approximate surface area is 200 Å². The molecule has 2 N–H and O–H groups in total. The molecule has 0 saturated heterocycles. The lowest BCUT2D eigenvalue weighted by molar-refractivity contribution is 0.0531. The van der Waals surface area contributed by atoms with Crippen LogP contribution in [-0.2, 0) is 14.8 Å². The van der Waals surface area contributed by atoms with E-state index in [-0.39, 0.29) is 11.5 Å². The van der Waals surface area contributed by atoms with E-state index in [1.807, 2.05) is 0 Å². The third kappa shape index (κ3) is 5.15. The molecule has 34 heavy (non-hydrogen) atoms. The summed E-state index contributed by atoms with van der Waals surface area (Å²) in [4.78, 5) is 25.0. The molecule has 4 rings (SSSR count). The van der Waals surface area contributed by atoms with Crippen molar-refractivity contribution in [3.63, 3.8) is 0 Å². The summed E-state index contributed by atoms with van der Waals surface area (Å²) in [5.41, 5.74) is 1.33. The summed E-state index contributed by atoms with van der Waals surface area (Å²) in [6, 6.07) is 12.1. The fourth-order valence-electron chi connectivity index (χ4n) is 3.22. The molecule has 3 aromatic rings. The third-order valence-electron chi connectivity index (χ3n) is 4.84. The lowest BCUT2D eigenvalue weighted by Gasteiger charge is -2.19. The van der Waals surface area contributed by atoms with Gasteiger partial charge in [-0.3, -0.25) is 9.52 Å². The number of ether oxygens (including phenoxy) is 3. The third-order valence-corrected chi connectivity index (χ3v) is 7.35. The largest absolute Gasteiger partial charge is 0.486 e. The van der Waals surface area contributed by atoms with Crippen LogP contribution in [0, 0.1) is 6.92 Å². The average Bonchev–Trinajstić information content (AvgIpc) is 3.19. The summed E-state index contributed by atoms with van der Waals surface area (Å²) < 4.78 is 43.9. The fourth-order valence-corrected chi connectivity index (χ4v) is 5.26. The standard InChI is InChI=1S/C23H22N2O7S2/c1-3-30-23(27)21-14(2)12-20(33-21)24-22(26)15-4-6-16(7-5-15)25-34(28,29)17-8-9-18-19(13-17)32-11-10-31-18/h4-9,12-13,25H,3,10-11H2,1-2H3,(H,24,26). The molecule has 9 nitrogen and oxygen atoms in total. The van der Waals surface area contributed by atoms with Gasteiger partial charge >= 0.3 is 5.97 Å². The van der Waals surface area contributed by atoms with Crippen LogP contribution in [0.25, 0.3) is 0 Å². The number of anilines is 2. The minimum atomic E-state index is -3.87. The Bertz CT molecular complexity index is 1330. The van der Waals surface area contributed by atoms with Crippen LogP contribution in [0.3, 0.4) is 0 Å². The number of carbonyl (C=O) groups is 2. The van der Waals surface area contributed by atoms with E-state index in [0.717, 1.165) is 11.3 Å². The van der Waals surface area contributed by atoms with E-state index < -0.39 is 21.9 Å². The Morgan fingerprint density at radius 2 is 1.74 bits per heavy atom. The van der Waals surface area contributed by atoms with Gasteiger partial charge in [-0.25, -0.2) is 13.2 Å². The van der Waals surface area contributed by atoms with Crippen molar-refractivity contribution in [2.45, 2.75) is 18.7 Å². The monoisotopic (exact) mass is 502 g/mol. The highest BCUT2D eigenvalue weighted by Gasteiger charge is 2.20. The zero-order chi connectivity index (χ0) is 24.3. The van der Waals surface area contributed by atoms with E-state index in [1.54, 1.807) is 26.0 Å². The molecule has 0 unspecified atom stereocenters. The molecule has 1 aliphatic heterocycles. The maximum atomic E-state index is 12.8. The Morgan fingerprint density at radius 1 is 1.03 bits per heavy atom. The van der Waals surface area contributed by atoms with E-state index in [1.165, 1.54) is 36.4 Å². The fraction of sp³-hybridized carbons (Fsp3) is 0.217. The predicted octanol–water partition coefficient (Wildman–Crippen LogP) is 4.06. The highest BCUT2D eigenvalue weighted by Crippen LogP contribution is 2.33. The molecule has 11 heteroatoms. The molecule has 0 saturated carbocycles. The zero-order valence-electron chi connectivity index (χ0n) is 18.4. The van der Waals surface area contributed by atoms with Gasteiger partial charge in [0.2, 0.25) is 0 Å². The van der Waals surface area contributed by atoms with E-state index in [4.69, 9.17) is 14.2 Å². The van der Waals surface area contributed by atoms with Crippen molar-refractivity contribution < 1.29 is 32.2 Å². The first-order valence-corrected chi connectivity index (χ1v) is 12.7. The first kappa shape index (κ1) is 23.6. The first-order valence-electron chi connectivity index (χ1n) is 10.4. The number of benzene rings is 2. The van der Waals surface area contributed by atoms with Gasteiger partial charge in [-0.2, -0.15) is 0 Å². The van der Waals surface area contributed by atoms with Crippen LogP contribution in [0.1, 0.15) is 32.5 Å². The number of hydrogen-bond acceptors (Lipinski definition) is 8. The van der Waals surface area contributed by atoms with E-state index in [9.17, 15) is 18.0 Å². The lowest BCUT2D eigenvalue weighted by Crippen LogP contribution is -2.17. The van der Waals surface area contributed by atoms with Gasteiger partial charge in [-0.05, 0) is 61.9 Å². The molecule has 1 aliphatic rings. The van der Waals surface area contributed by atoms with Crippen LogP contribution in [-0.4, -0.2) is 40.1 Å². The van der Waals surface area contributed by atoms with Crippen molar-refractivity contribution in [3.05, 3.63) is 64.5 Å². The van der Waals surface area contributed by atoms with Gasteiger partial charge in [0.25, 0.3) is 15.9 Å². The molecule has 0 spiro atoms. The Balaban J connectivity index is 1.43. The van der Waals surface area contributed by atoms with Gasteiger partial charge in [0.15, 0.2) is 11.5 Å². The van der Waals surface area contributed by atoms with Crippen LogP contribution < -0.4 is 19.5 Å². The Hall–Kier alpha value is -3.57. The van der Waals surface area contributed by atoms with Crippen LogP contribution in [0.2, 0.25) is 0 Å². The van der Waals surface area contributed by atoms with Crippen LogP contribution >= 0.6 is 11.3 Å². The number of nitrogens with one attached hydrogen (secondary N) is 2. The smallest absolute Gasteiger partial charge is 0.348 e. The SMILES string of the molecule is CCOC(=O)c1sc(NC(=O)c2ccc(NS(=O)(=O)c3ccc4c(c3)OCCO4)cc2)cc1C. The zero-order valence-corrected chi connectivity index (χ0v) is 20.0. The van der Waals surface area contributed by atoms with E-state index in [0.29, 0.717) is 51.4 Å². The number of fused-ring (bicyclic) bond motifs is 1. The maximum Gasteiger partial charge on any atom is 0.348 e. The number of carbonyl (C=O) groups excluding carboxylic acids is 2. The molecular weight excluding hydrogens is 480 g/mol. The molecule has 0 atom stereocenters. The number of amides is 1. The molecule has 0 aliphatic carbocycles. The van der Waals surface area contributed by atoms with Gasteiger partial charge in [0, 0.05) is 17.3 Å². The predicted molar refractivity (Wildman–Crippen MR) is 128 cm³/mol. The second-order valence-electron chi connectivity index (χ2n) is 7.29. The number of rotatable bonds is 7. The normalized spacial score (nSPS) is 12.6. The van der Waals surface area contributed by atoms with Crippen molar-refractivity contribution in [2.75, 3.05) is 29.9 Å². The number of sulfonamides is 1. The summed E-state index contributed by atoms with van der Waals surface area (Å²) >= 11 is 1.13. The average molecular weight is 503 g/mol. The second-order valence-corrected chi connectivity index (χ2v) is 10.0. The van der Waals surface area contributed by atoms with E-state index in [2.05, 4.69) is 10.0 Å². The first-order chi connectivity index (χ1) is 16.3. The summed E-state index contributed by atoms with van der Waals surface area (Å²) in [6.45, 7) is 4.52. The molecule has 0 fully saturated rings. The molecular formula is C23H22N2O7S2. The molecule has 1 aromatic heterocycles. The van der Waals surface area contributed by atoms with Crippen molar-refractivity contribution >= 4 is 43.9 Å². The number of esters is 1. The quantitative estimate of drug-likeness (QED) is 0.468. The van der Waals surface area contributed by atoms with Gasteiger partial charge in [-0.1, -0.05) is 0 Å². The molecule has 2 heterocycles. The van der Waals surface area contributed by atoms with Crippen molar-refractivity contribution in [2.24, 2.45) is 0 Å². The Morgan fingerprint density at radius 3 is 2.44 bits per heavy atom. The highest BCUT2D eigenvalue weighted by atomic mass is 32.2. The minimum Gasteiger partial charge on any atom is -0.486 e. The number of aryl methyl sites for hydroxylation is 1. The minimum absolute atomic E-state index is 0.0315. The lowest BCUT2D eigenvalue weighted by atomic mass is 10.2. The van der Waals surface area contributed by atoms with Gasteiger partial charge in [0.1, 0.15) is 18.1 Å². The van der Waals surface area contributed by atoms with Gasteiger partial charge < -0.3 is 19.5 Å². The van der Waals surface area contributed by atoms with Crippen LogP contribution in [0.15, 0.2) is 53.4 Å². The molecule has 0 bridgehead atoms. The summed E-state index contributed by atoms with van der Waals surface area (Å²) in [7, 11) is -3.87. The van der Waals surface area contributed by atoms with Crippen molar-refractivity contribution in [1.82, 2.24) is 0 Å². The van der Waals surface area contributed by atoms with Crippen molar-refractivity contribution in [3.8, 4) is 11.5 Å². The highest BCUT2D eigenvalue weighted by molar-refractivity contribution is 7.92. The molecule has 1 amide bonds. The Kier molecular flexibility index (Phi) is 6.75. The summed E-state index contributed by atoms with van der Waals surface area (Å²) in [5, 5.41) is 3.25. The second kappa shape index (κ2) is 9.74. The van der Waals surface area contributed by atoms with Crippen LogP contribution in [0.4, 0.5) is 10.7 Å². The summed E-state index contributed by atoms with van der Waals surface area (Å²) in [5.74, 6) is 0.0463. The van der Waals surface area contributed by atoms with Gasteiger partial charge in [-0.15, -0.1) is 11.3 Å². The van der Waals surface area contributed by atoms with Crippen molar-refractivity contribution in [1.29, 1.82) is 0 Å². The molecule has 0 radical (unpaired) electrons. The topological polar surface area (TPSA) is 120 Å². The summed E-state index contributed by atoms with van der Waals surface area (Å²) in [6.07, 6.45) is 0.